The number of rotatable bonds is 7. The first-order valence-corrected chi connectivity index (χ1v) is 12.6. The summed E-state index contributed by atoms with van der Waals surface area (Å²) in [5.74, 6) is -0.208. The van der Waals surface area contributed by atoms with Gasteiger partial charge in [-0.15, -0.1) is 0 Å². The van der Waals surface area contributed by atoms with Crippen molar-refractivity contribution in [1.82, 2.24) is 9.62 Å². The fourth-order valence-corrected chi connectivity index (χ4v) is 5.22. The standard InChI is InChI=1S/C21H32FN3O4S/c1-3-21(26)25-12-6-8-18(23-30(2,27)28)20(25)15-29-16-10-13-24(14-11-16)19-9-5-4-7-17(19)22/h4-5,7,9,16,18,20,23H,3,6,8,10-15H2,1-2H3/t18-,20-/m0/s1. The number of carbonyl (C=O) groups excluding carboxylic acids is 1. The smallest absolute Gasteiger partial charge is 0.222 e. The zero-order chi connectivity index (χ0) is 21.7. The van der Waals surface area contributed by atoms with E-state index >= 15 is 0 Å². The first-order chi connectivity index (χ1) is 14.3. The van der Waals surface area contributed by atoms with Crippen LogP contribution in [-0.2, 0) is 19.6 Å². The van der Waals surface area contributed by atoms with Crippen LogP contribution in [-0.4, -0.2) is 69.9 Å². The van der Waals surface area contributed by atoms with Crippen molar-refractivity contribution in [1.29, 1.82) is 0 Å². The van der Waals surface area contributed by atoms with Gasteiger partial charge in [0.1, 0.15) is 5.82 Å². The van der Waals surface area contributed by atoms with Gasteiger partial charge in [0.2, 0.25) is 15.9 Å². The maximum atomic E-state index is 14.0. The molecule has 168 valence electrons. The summed E-state index contributed by atoms with van der Waals surface area (Å²) in [6.07, 6.45) is 4.48. The number of carbonyl (C=O) groups is 1. The van der Waals surface area contributed by atoms with Gasteiger partial charge in [0, 0.05) is 32.1 Å². The fourth-order valence-electron chi connectivity index (χ4n) is 4.39. The molecule has 2 aliphatic heterocycles. The van der Waals surface area contributed by atoms with Gasteiger partial charge in [0.15, 0.2) is 0 Å². The monoisotopic (exact) mass is 441 g/mol. The summed E-state index contributed by atoms with van der Waals surface area (Å²) < 4.78 is 46.5. The Labute approximate surface area is 178 Å². The van der Waals surface area contributed by atoms with Crippen molar-refractivity contribution in [2.24, 2.45) is 0 Å². The van der Waals surface area contributed by atoms with Crippen LogP contribution in [0.1, 0.15) is 39.0 Å². The lowest BCUT2D eigenvalue weighted by molar-refractivity contribution is -0.138. The predicted molar refractivity (Wildman–Crippen MR) is 114 cm³/mol. The zero-order valence-corrected chi connectivity index (χ0v) is 18.5. The fraction of sp³-hybridized carbons (Fsp3) is 0.667. The van der Waals surface area contributed by atoms with Gasteiger partial charge >= 0.3 is 0 Å². The number of amides is 1. The predicted octanol–water partition coefficient (Wildman–Crippen LogP) is 2.13. The highest BCUT2D eigenvalue weighted by Gasteiger charge is 2.36. The molecule has 9 heteroatoms. The number of sulfonamides is 1. The molecule has 0 spiro atoms. The third-order valence-corrected chi connectivity index (χ3v) is 6.64. The summed E-state index contributed by atoms with van der Waals surface area (Å²) in [5, 5.41) is 0. The molecule has 7 nitrogen and oxygen atoms in total. The molecular weight excluding hydrogens is 409 g/mol. The number of nitrogens with zero attached hydrogens (tertiary/aromatic N) is 2. The van der Waals surface area contributed by atoms with Crippen LogP contribution in [0.4, 0.5) is 10.1 Å². The molecule has 0 unspecified atom stereocenters. The van der Waals surface area contributed by atoms with Crippen molar-refractivity contribution >= 4 is 21.6 Å². The van der Waals surface area contributed by atoms with E-state index in [1.54, 1.807) is 17.0 Å². The lowest BCUT2D eigenvalue weighted by Crippen LogP contribution is -2.59. The SMILES string of the molecule is CCC(=O)N1CCC[C@H](NS(C)(=O)=O)[C@@H]1COC1CCN(c2ccccc2F)CC1. The summed E-state index contributed by atoms with van der Waals surface area (Å²) in [5.41, 5.74) is 0.611. The lowest BCUT2D eigenvalue weighted by atomic mass is 9.96. The zero-order valence-electron chi connectivity index (χ0n) is 17.7. The van der Waals surface area contributed by atoms with Crippen molar-refractivity contribution in [2.75, 3.05) is 37.4 Å². The maximum absolute atomic E-state index is 14.0. The molecule has 2 atom stereocenters. The van der Waals surface area contributed by atoms with Crippen LogP contribution in [0.5, 0.6) is 0 Å². The number of para-hydroxylation sites is 1. The van der Waals surface area contributed by atoms with E-state index in [9.17, 15) is 17.6 Å². The molecule has 3 rings (SSSR count). The van der Waals surface area contributed by atoms with Gasteiger partial charge in [-0.25, -0.2) is 17.5 Å². The number of nitrogens with one attached hydrogen (secondary N) is 1. The normalized spacial score (nSPS) is 23.6. The number of benzene rings is 1. The molecular formula is C21H32FN3O4S. The van der Waals surface area contributed by atoms with Crippen LogP contribution >= 0.6 is 0 Å². The number of hydrogen-bond donors (Lipinski definition) is 1. The van der Waals surface area contributed by atoms with Crippen LogP contribution in [0, 0.1) is 5.82 Å². The molecule has 0 bridgehead atoms. The van der Waals surface area contributed by atoms with E-state index in [1.807, 2.05) is 17.9 Å². The minimum absolute atomic E-state index is 0.00686. The Morgan fingerprint density at radius 3 is 2.53 bits per heavy atom. The minimum atomic E-state index is -3.38. The quantitative estimate of drug-likeness (QED) is 0.701. The Balaban J connectivity index is 1.60. The van der Waals surface area contributed by atoms with Crippen LogP contribution < -0.4 is 9.62 Å². The summed E-state index contributed by atoms with van der Waals surface area (Å²) in [6.45, 7) is 4.11. The molecule has 2 aliphatic rings. The summed E-state index contributed by atoms with van der Waals surface area (Å²) in [7, 11) is -3.38. The van der Waals surface area contributed by atoms with Gasteiger partial charge in [-0.1, -0.05) is 19.1 Å². The van der Waals surface area contributed by atoms with Crippen LogP contribution in [0.25, 0.3) is 0 Å². The molecule has 2 heterocycles. The maximum Gasteiger partial charge on any atom is 0.222 e. The molecule has 1 aromatic rings. The highest BCUT2D eigenvalue weighted by molar-refractivity contribution is 7.88. The first kappa shape index (κ1) is 23.0. The molecule has 2 saturated heterocycles. The van der Waals surface area contributed by atoms with Crippen molar-refractivity contribution in [3.05, 3.63) is 30.1 Å². The molecule has 0 aromatic heterocycles. The Hall–Kier alpha value is -1.71. The number of anilines is 1. The topological polar surface area (TPSA) is 79.0 Å². The molecule has 1 amide bonds. The Morgan fingerprint density at radius 1 is 1.20 bits per heavy atom. The number of halogens is 1. The average molecular weight is 442 g/mol. The average Bonchev–Trinajstić information content (AvgIpc) is 2.72. The highest BCUT2D eigenvalue weighted by Crippen LogP contribution is 2.25. The van der Waals surface area contributed by atoms with Gasteiger partial charge in [0.05, 0.1) is 30.7 Å². The molecule has 1 N–H and O–H groups in total. The molecule has 2 fully saturated rings. The van der Waals surface area contributed by atoms with E-state index in [0.717, 1.165) is 25.5 Å². The summed E-state index contributed by atoms with van der Waals surface area (Å²) >= 11 is 0. The number of ether oxygens (including phenoxy) is 1. The van der Waals surface area contributed by atoms with E-state index < -0.39 is 10.0 Å². The molecule has 0 saturated carbocycles. The second-order valence-corrected chi connectivity index (χ2v) is 9.90. The molecule has 0 aliphatic carbocycles. The largest absolute Gasteiger partial charge is 0.376 e. The summed E-state index contributed by atoms with van der Waals surface area (Å²) in [6, 6.07) is 6.11. The number of likely N-dealkylation sites (tertiary alicyclic amines) is 1. The molecule has 0 radical (unpaired) electrons. The van der Waals surface area contributed by atoms with Crippen LogP contribution in [0.3, 0.4) is 0 Å². The number of hydrogen-bond acceptors (Lipinski definition) is 5. The van der Waals surface area contributed by atoms with Crippen LogP contribution in [0.15, 0.2) is 24.3 Å². The third kappa shape index (κ3) is 5.92. The van der Waals surface area contributed by atoms with E-state index in [4.69, 9.17) is 4.74 Å². The van der Waals surface area contributed by atoms with Crippen molar-refractivity contribution in [3.8, 4) is 0 Å². The van der Waals surface area contributed by atoms with Crippen LogP contribution in [0.2, 0.25) is 0 Å². The first-order valence-electron chi connectivity index (χ1n) is 10.7. The van der Waals surface area contributed by atoms with Gasteiger partial charge < -0.3 is 14.5 Å². The number of piperidine rings is 2. The van der Waals surface area contributed by atoms with Gasteiger partial charge in [-0.05, 0) is 37.8 Å². The Bertz CT molecular complexity index is 827. The Kier molecular flexibility index (Phi) is 7.70. The summed E-state index contributed by atoms with van der Waals surface area (Å²) in [4.78, 5) is 16.2. The van der Waals surface area contributed by atoms with E-state index in [-0.39, 0.29) is 29.9 Å². The second-order valence-electron chi connectivity index (χ2n) is 8.12. The van der Waals surface area contributed by atoms with E-state index in [0.29, 0.717) is 44.8 Å². The van der Waals surface area contributed by atoms with Gasteiger partial charge in [-0.3, -0.25) is 4.79 Å². The van der Waals surface area contributed by atoms with Gasteiger partial charge in [-0.2, -0.15) is 0 Å². The minimum Gasteiger partial charge on any atom is -0.376 e. The molecule has 1 aromatic carbocycles. The van der Waals surface area contributed by atoms with Crippen molar-refractivity contribution in [2.45, 2.75) is 57.2 Å². The Morgan fingerprint density at radius 2 is 1.90 bits per heavy atom. The van der Waals surface area contributed by atoms with E-state index in [1.165, 1.54) is 6.07 Å². The highest BCUT2D eigenvalue weighted by atomic mass is 32.2. The third-order valence-electron chi connectivity index (χ3n) is 5.90. The van der Waals surface area contributed by atoms with Crippen molar-refractivity contribution < 1.29 is 22.3 Å². The second kappa shape index (κ2) is 10.1. The molecule has 30 heavy (non-hydrogen) atoms. The van der Waals surface area contributed by atoms with E-state index in [2.05, 4.69) is 4.72 Å². The van der Waals surface area contributed by atoms with Gasteiger partial charge in [0.25, 0.3) is 0 Å². The van der Waals surface area contributed by atoms with Crippen molar-refractivity contribution in [3.63, 3.8) is 0 Å². The lowest BCUT2D eigenvalue weighted by Gasteiger charge is -2.42.